The summed E-state index contributed by atoms with van der Waals surface area (Å²) in [6.45, 7) is 5.28. The molecule has 1 unspecified atom stereocenters. The van der Waals surface area contributed by atoms with E-state index in [9.17, 15) is 14.7 Å². The van der Waals surface area contributed by atoms with Gasteiger partial charge in [0.1, 0.15) is 5.60 Å². The third-order valence-corrected chi connectivity index (χ3v) is 2.77. The molecule has 0 aromatic rings. The Morgan fingerprint density at radius 1 is 1.28 bits per heavy atom. The average Bonchev–Trinajstić information content (AvgIpc) is 2.56. The van der Waals surface area contributed by atoms with Gasteiger partial charge in [0.05, 0.1) is 25.2 Å². The number of aliphatic hydroxyl groups is 1. The fourth-order valence-corrected chi connectivity index (χ4v) is 1.99. The molecular formula is C12H21NO5. The summed E-state index contributed by atoms with van der Waals surface area (Å²) in [5.74, 6) is -0.729. The van der Waals surface area contributed by atoms with E-state index >= 15 is 0 Å². The molecule has 0 heterocycles. The molecule has 0 aromatic carbocycles. The number of esters is 1. The second-order valence-electron chi connectivity index (χ2n) is 5.51. The number of rotatable bonds is 2. The Balaban J connectivity index is 2.49. The first-order valence-electron chi connectivity index (χ1n) is 5.98. The highest BCUT2D eigenvalue weighted by atomic mass is 16.6. The number of carbonyl (C=O) groups excluding carboxylic acids is 2. The summed E-state index contributed by atoms with van der Waals surface area (Å²) in [7, 11) is 1.31. The lowest BCUT2D eigenvalue weighted by molar-refractivity contribution is -0.145. The SMILES string of the molecule is COC(=O)C1C[C@H](O)[C@H](NC(=O)OC(C)(C)C)C1. The normalized spacial score (nSPS) is 27.7. The van der Waals surface area contributed by atoms with Crippen molar-refractivity contribution in [2.24, 2.45) is 5.92 Å². The van der Waals surface area contributed by atoms with Gasteiger partial charge in [-0.15, -0.1) is 0 Å². The Kier molecular flexibility index (Phi) is 4.56. The Morgan fingerprint density at radius 3 is 2.39 bits per heavy atom. The van der Waals surface area contributed by atoms with Gasteiger partial charge in [-0.3, -0.25) is 4.79 Å². The topological polar surface area (TPSA) is 84.9 Å². The van der Waals surface area contributed by atoms with Crippen LogP contribution in [0.5, 0.6) is 0 Å². The molecule has 1 saturated carbocycles. The molecule has 3 atom stereocenters. The summed E-state index contributed by atoms with van der Waals surface area (Å²) in [5, 5.41) is 12.3. The van der Waals surface area contributed by atoms with Crippen molar-refractivity contribution in [3.8, 4) is 0 Å². The Bertz CT molecular complexity index is 323. The predicted octanol–water partition coefficient (Wildman–Crippen LogP) is 0.824. The number of amides is 1. The minimum absolute atomic E-state index is 0.299. The van der Waals surface area contributed by atoms with E-state index in [1.54, 1.807) is 20.8 Å². The lowest BCUT2D eigenvalue weighted by Gasteiger charge is -2.22. The van der Waals surface area contributed by atoms with Gasteiger partial charge in [-0.2, -0.15) is 0 Å². The van der Waals surface area contributed by atoms with Crippen LogP contribution in [-0.2, 0) is 14.3 Å². The predicted molar refractivity (Wildman–Crippen MR) is 63.9 cm³/mol. The highest BCUT2D eigenvalue weighted by molar-refractivity contribution is 5.73. The highest BCUT2D eigenvalue weighted by Crippen LogP contribution is 2.27. The second-order valence-corrected chi connectivity index (χ2v) is 5.51. The Hall–Kier alpha value is -1.30. The fourth-order valence-electron chi connectivity index (χ4n) is 1.99. The lowest BCUT2D eigenvalue weighted by atomic mass is 10.1. The van der Waals surface area contributed by atoms with Crippen molar-refractivity contribution in [2.45, 2.75) is 51.4 Å². The molecule has 1 aliphatic rings. The van der Waals surface area contributed by atoms with Crippen LogP contribution in [0.1, 0.15) is 33.6 Å². The molecule has 104 valence electrons. The first-order valence-corrected chi connectivity index (χ1v) is 5.98. The number of hydrogen-bond acceptors (Lipinski definition) is 5. The molecule has 6 nitrogen and oxygen atoms in total. The van der Waals surface area contributed by atoms with E-state index in [1.807, 2.05) is 0 Å². The van der Waals surface area contributed by atoms with E-state index in [1.165, 1.54) is 7.11 Å². The fraction of sp³-hybridized carbons (Fsp3) is 0.833. The van der Waals surface area contributed by atoms with Gasteiger partial charge >= 0.3 is 12.1 Å². The summed E-state index contributed by atoms with van der Waals surface area (Å²) in [4.78, 5) is 22.9. The van der Waals surface area contributed by atoms with Crippen molar-refractivity contribution < 1.29 is 24.2 Å². The average molecular weight is 259 g/mol. The molecule has 0 bridgehead atoms. The Labute approximate surface area is 107 Å². The minimum Gasteiger partial charge on any atom is -0.469 e. The smallest absolute Gasteiger partial charge is 0.407 e. The first-order chi connectivity index (χ1) is 8.23. The van der Waals surface area contributed by atoms with E-state index in [0.29, 0.717) is 12.8 Å². The molecule has 0 aliphatic heterocycles. The van der Waals surface area contributed by atoms with Crippen LogP contribution in [0, 0.1) is 5.92 Å². The summed E-state index contributed by atoms with van der Waals surface area (Å²) < 4.78 is 9.72. The maximum Gasteiger partial charge on any atom is 0.407 e. The zero-order valence-corrected chi connectivity index (χ0v) is 11.2. The van der Waals surface area contributed by atoms with Crippen LogP contribution in [0.15, 0.2) is 0 Å². The van der Waals surface area contributed by atoms with E-state index < -0.39 is 23.8 Å². The molecule has 18 heavy (non-hydrogen) atoms. The molecule has 1 fully saturated rings. The molecule has 0 spiro atoms. The summed E-state index contributed by atoms with van der Waals surface area (Å²) in [5.41, 5.74) is -0.588. The maximum absolute atomic E-state index is 11.5. The van der Waals surface area contributed by atoms with Crippen molar-refractivity contribution in [3.05, 3.63) is 0 Å². The maximum atomic E-state index is 11.5. The van der Waals surface area contributed by atoms with Crippen molar-refractivity contribution in [1.82, 2.24) is 5.32 Å². The van der Waals surface area contributed by atoms with E-state index in [4.69, 9.17) is 4.74 Å². The summed E-state index contributed by atoms with van der Waals surface area (Å²) in [6, 6.07) is -0.469. The van der Waals surface area contributed by atoms with Crippen molar-refractivity contribution in [2.75, 3.05) is 7.11 Å². The molecule has 6 heteroatoms. The van der Waals surface area contributed by atoms with Crippen LogP contribution in [0.3, 0.4) is 0 Å². The zero-order valence-electron chi connectivity index (χ0n) is 11.2. The number of ether oxygens (including phenoxy) is 2. The van der Waals surface area contributed by atoms with Crippen molar-refractivity contribution in [3.63, 3.8) is 0 Å². The molecule has 0 aromatic heterocycles. The van der Waals surface area contributed by atoms with Crippen LogP contribution in [0.4, 0.5) is 4.79 Å². The van der Waals surface area contributed by atoms with Gasteiger partial charge in [-0.25, -0.2) is 4.79 Å². The minimum atomic E-state index is -0.749. The number of carbonyl (C=O) groups is 2. The molecule has 1 amide bonds. The van der Waals surface area contributed by atoms with Gasteiger partial charge in [0.2, 0.25) is 0 Å². The van der Waals surface area contributed by atoms with Crippen LogP contribution in [0.25, 0.3) is 0 Å². The monoisotopic (exact) mass is 259 g/mol. The van der Waals surface area contributed by atoms with Crippen LogP contribution in [-0.4, -0.2) is 42.0 Å². The molecule has 0 saturated heterocycles. The third-order valence-electron chi connectivity index (χ3n) is 2.77. The van der Waals surface area contributed by atoms with Crippen LogP contribution >= 0.6 is 0 Å². The number of hydrogen-bond donors (Lipinski definition) is 2. The molecule has 2 N–H and O–H groups in total. The summed E-state index contributed by atoms with van der Waals surface area (Å²) in [6.07, 6.45) is -0.668. The summed E-state index contributed by atoms with van der Waals surface area (Å²) >= 11 is 0. The van der Waals surface area contributed by atoms with Gasteiger partial charge in [0.15, 0.2) is 0 Å². The second kappa shape index (κ2) is 5.56. The van der Waals surface area contributed by atoms with Gasteiger partial charge in [0.25, 0.3) is 0 Å². The Morgan fingerprint density at radius 2 is 1.89 bits per heavy atom. The standard InChI is InChI=1S/C12H21NO5/c1-12(2,3)18-11(16)13-8-5-7(6-9(8)14)10(15)17-4/h7-9,14H,5-6H2,1-4H3,(H,13,16)/t7?,8-,9+/m1/s1. The molecule has 0 radical (unpaired) electrons. The number of methoxy groups -OCH3 is 1. The van der Waals surface area contributed by atoms with Crippen LogP contribution in [0.2, 0.25) is 0 Å². The third kappa shape index (κ3) is 4.18. The first kappa shape index (κ1) is 14.8. The quantitative estimate of drug-likeness (QED) is 0.717. The molecular weight excluding hydrogens is 238 g/mol. The molecule has 1 aliphatic carbocycles. The highest BCUT2D eigenvalue weighted by Gasteiger charge is 2.38. The number of aliphatic hydroxyl groups excluding tert-OH is 1. The zero-order chi connectivity index (χ0) is 13.9. The largest absolute Gasteiger partial charge is 0.469 e. The number of nitrogens with one attached hydrogen (secondary N) is 1. The van der Waals surface area contributed by atoms with Crippen LogP contribution < -0.4 is 5.32 Å². The van der Waals surface area contributed by atoms with E-state index in [-0.39, 0.29) is 11.9 Å². The van der Waals surface area contributed by atoms with Gasteiger partial charge in [0, 0.05) is 0 Å². The van der Waals surface area contributed by atoms with E-state index in [2.05, 4.69) is 10.1 Å². The van der Waals surface area contributed by atoms with Gasteiger partial charge < -0.3 is 19.9 Å². The van der Waals surface area contributed by atoms with Crippen molar-refractivity contribution in [1.29, 1.82) is 0 Å². The van der Waals surface area contributed by atoms with Gasteiger partial charge in [-0.05, 0) is 33.6 Å². The van der Waals surface area contributed by atoms with Crippen molar-refractivity contribution >= 4 is 12.1 Å². The van der Waals surface area contributed by atoms with E-state index in [0.717, 1.165) is 0 Å². The lowest BCUT2D eigenvalue weighted by Crippen LogP contribution is -2.42. The molecule has 1 rings (SSSR count). The number of alkyl carbamates (subject to hydrolysis) is 1. The van der Waals surface area contributed by atoms with Gasteiger partial charge in [-0.1, -0.05) is 0 Å².